The molecule has 0 aliphatic heterocycles. The van der Waals surface area contributed by atoms with Gasteiger partial charge in [0.2, 0.25) is 0 Å². The Hall–Kier alpha value is 0.411. The first-order chi connectivity index (χ1) is 8.92. The fourth-order valence-electron chi connectivity index (χ4n) is 1.96. The summed E-state index contributed by atoms with van der Waals surface area (Å²) in [6.45, 7) is 0. The van der Waals surface area contributed by atoms with Crippen LogP contribution in [-0.4, -0.2) is 61.5 Å². The van der Waals surface area contributed by atoms with Crippen LogP contribution in [0.3, 0.4) is 0 Å². The van der Waals surface area contributed by atoms with E-state index >= 15 is 0 Å². The van der Waals surface area contributed by atoms with Crippen LogP contribution in [0.1, 0.15) is 18.4 Å². The second kappa shape index (κ2) is 6.45. The molecule has 0 unspecified atom stereocenters. The summed E-state index contributed by atoms with van der Waals surface area (Å²) >= 11 is 7.04. The largest absolute Gasteiger partial charge is 0.762 e. The predicted octanol–water partition coefficient (Wildman–Crippen LogP) is 3.93. The number of benzene rings is 1. The summed E-state index contributed by atoms with van der Waals surface area (Å²) in [5.74, 6) is 0. The summed E-state index contributed by atoms with van der Waals surface area (Å²) < 4.78 is 29.6. The van der Waals surface area contributed by atoms with Crippen LogP contribution < -0.4 is 0 Å². The van der Waals surface area contributed by atoms with Gasteiger partial charge >= 0.3 is 137 Å². The van der Waals surface area contributed by atoms with Crippen LogP contribution in [0, 0.1) is 0 Å². The molecular weight excluding hydrogens is 300 g/mol. The summed E-state index contributed by atoms with van der Waals surface area (Å²) in [5, 5.41) is 1.92. The zero-order valence-electron chi connectivity index (χ0n) is 10.3. The fraction of sp³-hybridized carbons (Fsp3) is 0.250. The first kappa shape index (κ1) is 15.8. The van der Waals surface area contributed by atoms with Gasteiger partial charge in [-0.25, -0.2) is 0 Å². The third kappa shape index (κ3) is 4.19. The third-order valence-electron chi connectivity index (χ3n) is 3.39. The van der Waals surface area contributed by atoms with Gasteiger partial charge in [-0.3, -0.25) is 12.9 Å². The maximum absolute atomic E-state index is 9.67. The number of hydrogen-bond donors (Lipinski definition) is 0. The van der Waals surface area contributed by atoms with E-state index in [-0.39, 0.29) is 0 Å². The van der Waals surface area contributed by atoms with Gasteiger partial charge in [0.25, 0.3) is 0 Å². The van der Waals surface area contributed by atoms with E-state index in [0.717, 1.165) is 64.9 Å². The SMILES string of the molecule is Clc1ccnc2ccc([C]3([K])CC3)cc12.FB(F)F. The molecule has 3 rings (SSSR count). The van der Waals surface area contributed by atoms with Crippen molar-refractivity contribution in [1.29, 1.82) is 0 Å². The molecule has 0 radical (unpaired) electrons. The fourth-order valence-corrected chi connectivity index (χ4v) is 3.05. The van der Waals surface area contributed by atoms with Crippen LogP contribution in [0.5, 0.6) is 0 Å². The van der Waals surface area contributed by atoms with Gasteiger partial charge in [-0.1, -0.05) is 0 Å². The molecule has 2 aromatic rings. The minimum atomic E-state index is -3.67. The van der Waals surface area contributed by atoms with Crippen LogP contribution in [-0.2, 0) is -0.490 Å². The molecule has 0 amide bonds. The standard InChI is InChI=1S/C12H9ClN.BF3.K/c13-11-5-6-14-12-4-3-9(7-10(11)12)8-1-2-8;2-1(3)4;/h3-7H,1-2H2;;. The summed E-state index contributed by atoms with van der Waals surface area (Å²) in [4.78, 5) is 4.32. The minimum Gasteiger partial charge on any atom is -0.254 e. The molecule has 7 heteroatoms. The van der Waals surface area contributed by atoms with Gasteiger partial charge in [-0.05, 0) is 0 Å². The summed E-state index contributed by atoms with van der Waals surface area (Å²) in [7, 11) is -3.67. The number of hydrogen-bond acceptors (Lipinski definition) is 1. The molecule has 1 aromatic carbocycles. The molecule has 1 saturated carbocycles. The molecule has 0 bridgehead atoms. The van der Waals surface area contributed by atoms with E-state index in [9.17, 15) is 12.9 Å². The van der Waals surface area contributed by atoms with Crippen molar-refractivity contribution in [3.8, 4) is 0 Å². The number of nitrogens with zero attached hydrogens (tertiary/aromatic N) is 1. The van der Waals surface area contributed by atoms with Gasteiger partial charge in [0.1, 0.15) is 0 Å². The Labute approximate surface area is 148 Å². The Morgan fingerprint density at radius 3 is 2.42 bits per heavy atom. The van der Waals surface area contributed by atoms with Gasteiger partial charge < -0.3 is 0 Å². The summed E-state index contributed by atoms with van der Waals surface area (Å²) in [5.41, 5.74) is 2.48. The maximum atomic E-state index is 9.67. The quantitative estimate of drug-likeness (QED) is 0.728. The zero-order chi connectivity index (χ0) is 14.0. The molecule has 19 heavy (non-hydrogen) atoms. The minimum absolute atomic E-state index is 0.584. The van der Waals surface area contributed by atoms with Gasteiger partial charge in [0, 0.05) is 0 Å². The Kier molecular flexibility index (Phi) is 5.36. The number of pyridine rings is 1. The van der Waals surface area contributed by atoms with E-state index in [2.05, 4.69) is 23.2 Å². The number of halogens is 4. The van der Waals surface area contributed by atoms with Crippen molar-refractivity contribution in [3.63, 3.8) is 0 Å². The molecule has 1 aliphatic rings. The Balaban J connectivity index is 0.000000297. The van der Waals surface area contributed by atoms with Crippen LogP contribution in [0.4, 0.5) is 12.9 Å². The van der Waals surface area contributed by atoms with Crippen LogP contribution in [0.2, 0.25) is 5.02 Å². The number of rotatable bonds is 1. The molecule has 0 atom stereocenters. The van der Waals surface area contributed by atoms with Crippen molar-refractivity contribution in [2.45, 2.75) is 12.4 Å². The van der Waals surface area contributed by atoms with Gasteiger partial charge in [-0.15, -0.1) is 0 Å². The molecule has 1 fully saturated rings. The molecular formula is C12H9BClF3KN. The number of aromatic nitrogens is 1. The first-order valence-corrected chi connectivity index (χ1v) is 7.83. The van der Waals surface area contributed by atoms with Crippen molar-refractivity contribution in [2.75, 3.05) is 0 Å². The molecule has 1 aromatic heterocycles. The Morgan fingerprint density at radius 2 is 1.84 bits per heavy atom. The molecule has 0 spiro atoms. The second-order valence-electron chi connectivity index (χ2n) is 4.83. The third-order valence-corrected chi connectivity index (χ3v) is 6.18. The van der Waals surface area contributed by atoms with E-state index in [1.54, 1.807) is 6.20 Å². The molecule has 0 saturated heterocycles. The van der Waals surface area contributed by atoms with Gasteiger partial charge in [0.05, 0.1) is 0 Å². The second-order valence-corrected chi connectivity index (χ2v) is 8.23. The van der Waals surface area contributed by atoms with E-state index in [1.165, 1.54) is 18.4 Å². The van der Waals surface area contributed by atoms with Crippen molar-refractivity contribution in [2.24, 2.45) is 0 Å². The van der Waals surface area contributed by atoms with Gasteiger partial charge in [-0.2, -0.15) is 0 Å². The van der Waals surface area contributed by atoms with E-state index in [4.69, 9.17) is 11.6 Å². The van der Waals surface area contributed by atoms with Crippen LogP contribution in [0.15, 0.2) is 30.5 Å². The van der Waals surface area contributed by atoms with Gasteiger partial charge in [0.15, 0.2) is 0 Å². The first-order valence-electron chi connectivity index (χ1n) is 5.89. The van der Waals surface area contributed by atoms with E-state index in [0.29, 0.717) is -0.490 Å². The zero-order valence-corrected chi connectivity index (χ0v) is 14.2. The predicted molar refractivity (Wildman–Crippen MR) is 72.5 cm³/mol. The van der Waals surface area contributed by atoms with Crippen molar-refractivity contribution in [3.05, 3.63) is 41.0 Å². The topological polar surface area (TPSA) is 12.9 Å². The normalized spacial score (nSPS) is 15.7. The van der Waals surface area contributed by atoms with Crippen molar-refractivity contribution < 1.29 is 12.9 Å². The maximum Gasteiger partial charge on any atom is 0.762 e. The van der Waals surface area contributed by atoms with E-state index in [1.807, 2.05) is 6.07 Å². The number of fused-ring (bicyclic) bond motifs is 1. The van der Waals surface area contributed by atoms with Crippen molar-refractivity contribution in [1.82, 2.24) is 4.98 Å². The monoisotopic (exact) mass is 309 g/mol. The summed E-state index contributed by atoms with van der Waals surface area (Å²) in [6.07, 6.45) is 4.51. The molecule has 1 aliphatic carbocycles. The van der Waals surface area contributed by atoms with Crippen molar-refractivity contribution >= 4 is 79.0 Å². The Morgan fingerprint density at radius 1 is 1.21 bits per heavy atom. The smallest absolute Gasteiger partial charge is 0.254 e. The van der Waals surface area contributed by atoms with Crippen LogP contribution >= 0.6 is 11.6 Å². The molecule has 0 N–H and O–H groups in total. The molecule has 1 heterocycles. The Bertz CT molecular complexity index is 589. The molecule has 94 valence electrons. The molecule has 1 nitrogen and oxygen atoms in total. The summed E-state index contributed by atoms with van der Waals surface area (Å²) in [6, 6.07) is 8.43. The van der Waals surface area contributed by atoms with Crippen LogP contribution in [0.25, 0.3) is 10.9 Å². The average molecular weight is 310 g/mol. The van der Waals surface area contributed by atoms with E-state index < -0.39 is 7.54 Å². The average Bonchev–Trinajstić information content (AvgIpc) is 3.08.